The van der Waals surface area contributed by atoms with Crippen LogP contribution in [-0.2, 0) is 0 Å². The van der Waals surface area contributed by atoms with Crippen LogP contribution < -0.4 is 4.74 Å². The van der Waals surface area contributed by atoms with E-state index in [1.54, 1.807) is 25.3 Å². The fourth-order valence-corrected chi connectivity index (χ4v) is 1.64. The molecule has 0 amide bonds. The summed E-state index contributed by atoms with van der Waals surface area (Å²) in [5, 5.41) is 0. The quantitative estimate of drug-likeness (QED) is 0.445. The molecule has 0 saturated carbocycles. The third-order valence-corrected chi connectivity index (χ3v) is 2.83. The number of rotatable bonds is 2. The summed E-state index contributed by atoms with van der Waals surface area (Å²) < 4.78 is 5.11. The number of carbonyl (C=O) groups is 1. The molecule has 0 aliphatic rings. The fraction of sp³-hybridized carbons (Fsp3) is 0.308. The molecule has 0 radical (unpaired) electrons. The minimum Gasteiger partial charge on any atom is -0.497 e. The maximum Gasteiger partial charge on any atom is 0.151 e. The first-order valence-electron chi connectivity index (χ1n) is 5.12. The van der Waals surface area contributed by atoms with Crippen molar-refractivity contribution in [3.05, 3.63) is 29.3 Å². The van der Waals surface area contributed by atoms with Crippen molar-refractivity contribution in [3.63, 3.8) is 0 Å². The summed E-state index contributed by atoms with van der Waals surface area (Å²) in [7, 11) is 0.182. The molecular weight excluding hydrogens is 216 g/mol. The van der Waals surface area contributed by atoms with Crippen LogP contribution in [0.25, 0.3) is 0 Å². The predicted molar refractivity (Wildman–Crippen MR) is 68.6 cm³/mol. The van der Waals surface area contributed by atoms with E-state index >= 15 is 0 Å². The molecule has 0 fully saturated rings. The smallest absolute Gasteiger partial charge is 0.151 e. The summed E-state index contributed by atoms with van der Waals surface area (Å²) in [5.74, 6) is 3.81. The van der Waals surface area contributed by atoms with E-state index in [1.165, 1.54) is 0 Å². The third kappa shape index (κ3) is 3.56. The largest absolute Gasteiger partial charge is 0.497 e. The molecule has 0 spiro atoms. The van der Waals surface area contributed by atoms with E-state index in [9.17, 15) is 4.79 Å². The number of methoxy groups -OCH3 is 1. The summed E-state index contributed by atoms with van der Waals surface area (Å²) in [4.78, 5) is 10.9. The Morgan fingerprint density at radius 3 is 2.50 bits per heavy atom. The maximum absolute atomic E-state index is 10.9. The van der Waals surface area contributed by atoms with E-state index in [0.717, 1.165) is 17.6 Å². The zero-order valence-electron chi connectivity index (χ0n) is 10.1. The number of hydrogen-bond acceptors (Lipinski definition) is 2. The maximum atomic E-state index is 10.9. The van der Waals surface area contributed by atoms with Gasteiger partial charge in [-0.05, 0) is 18.2 Å². The van der Waals surface area contributed by atoms with E-state index in [0.29, 0.717) is 5.56 Å². The summed E-state index contributed by atoms with van der Waals surface area (Å²) in [6, 6.07) is 5.31. The normalized spacial score (nSPS) is 10.2. The van der Waals surface area contributed by atoms with Crippen molar-refractivity contribution < 1.29 is 9.53 Å². The highest BCUT2D eigenvalue weighted by molar-refractivity contribution is 6.83. The summed E-state index contributed by atoms with van der Waals surface area (Å²) in [5.41, 5.74) is 4.60. The molecule has 0 aliphatic carbocycles. The second kappa shape index (κ2) is 5.00. The van der Waals surface area contributed by atoms with Crippen LogP contribution >= 0.6 is 0 Å². The first-order valence-corrected chi connectivity index (χ1v) is 8.62. The molecule has 1 aromatic carbocycles. The van der Waals surface area contributed by atoms with Gasteiger partial charge in [-0.25, -0.2) is 0 Å². The molecule has 0 heterocycles. The van der Waals surface area contributed by atoms with Gasteiger partial charge in [0, 0.05) is 11.1 Å². The highest BCUT2D eigenvalue weighted by Crippen LogP contribution is 2.15. The Kier molecular flexibility index (Phi) is 3.91. The number of carbonyl (C=O) groups excluding carboxylic acids is 1. The minimum atomic E-state index is -1.42. The highest BCUT2D eigenvalue weighted by atomic mass is 28.3. The number of aldehydes is 1. The molecule has 1 aromatic rings. The van der Waals surface area contributed by atoms with Gasteiger partial charge in [0.15, 0.2) is 6.29 Å². The molecule has 0 unspecified atom stereocenters. The molecule has 0 saturated heterocycles. The van der Waals surface area contributed by atoms with Gasteiger partial charge in [0.2, 0.25) is 0 Å². The molecule has 0 bridgehead atoms. The van der Waals surface area contributed by atoms with Crippen LogP contribution in [0.4, 0.5) is 0 Å². The molecule has 2 nitrogen and oxygen atoms in total. The van der Waals surface area contributed by atoms with Gasteiger partial charge < -0.3 is 4.74 Å². The summed E-state index contributed by atoms with van der Waals surface area (Å²) in [6.45, 7) is 6.50. The number of ether oxygens (including phenoxy) is 1. The monoisotopic (exact) mass is 232 g/mol. The lowest BCUT2D eigenvalue weighted by molar-refractivity contribution is 0.112. The molecular formula is C13H16O2Si. The van der Waals surface area contributed by atoms with Crippen molar-refractivity contribution in [3.8, 4) is 17.2 Å². The van der Waals surface area contributed by atoms with Gasteiger partial charge in [0.05, 0.1) is 7.11 Å². The number of benzene rings is 1. The van der Waals surface area contributed by atoms with Crippen molar-refractivity contribution in [2.45, 2.75) is 19.6 Å². The van der Waals surface area contributed by atoms with Crippen LogP contribution in [0.3, 0.4) is 0 Å². The zero-order chi connectivity index (χ0) is 12.2. The third-order valence-electron chi connectivity index (χ3n) is 1.96. The highest BCUT2D eigenvalue weighted by Gasteiger charge is 2.08. The van der Waals surface area contributed by atoms with Gasteiger partial charge in [-0.3, -0.25) is 4.79 Å². The van der Waals surface area contributed by atoms with E-state index < -0.39 is 8.07 Å². The first-order chi connectivity index (χ1) is 7.46. The van der Waals surface area contributed by atoms with E-state index in [1.807, 2.05) is 0 Å². The fourth-order valence-electron chi connectivity index (χ4n) is 1.13. The van der Waals surface area contributed by atoms with Crippen LogP contribution in [0.1, 0.15) is 15.9 Å². The van der Waals surface area contributed by atoms with E-state index in [2.05, 4.69) is 31.1 Å². The van der Waals surface area contributed by atoms with Gasteiger partial charge in [-0.1, -0.05) is 25.6 Å². The lowest BCUT2D eigenvalue weighted by Crippen LogP contribution is -2.16. The molecule has 0 N–H and O–H groups in total. The Balaban J connectivity index is 3.18. The molecule has 0 aliphatic heterocycles. The topological polar surface area (TPSA) is 26.3 Å². The Hall–Kier alpha value is -1.53. The molecule has 16 heavy (non-hydrogen) atoms. The van der Waals surface area contributed by atoms with Crippen molar-refractivity contribution >= 4 is 14.4 Å². The van der Waals surface area contributed by atoms with Crippen molar-refractivity contribution in [2.75, 3.05) is 7.11 Å². The lowest BCUT2D eigenvalue weighted by Gasteiger charge is -2.05. The standard InChI is InChI=1S/C13H16O2Si/c1-15-13-6-5-12(10-14)11(9-13)7-8-16(2,3)4/h5-6,9-10H,1-4H3. The lowest BCUT2D eigenvalue weighted by atomic mass is 10.1. The van der Waals surface area contributed by atoms with Crippen molar-refractivity contribution in [1.82, 2.24) is 0 Å². The second-order valence-corrected chi connectivity index (χ2v) is 9.32. The van der Waals surface area contributed by atoms with Gasteiger partial charge in [-0.15, -0.1) is 5.54 Å². The van der Waals surface area contributed by atoms with Gasteiger partial charge >= 0.3 is 0 Å². The van der Waals surface area contributed by atoms with Crippen LogP contribution in [-0.4, -0.2) is 21.5 Å². The Labute approximate surface area is 97.6 Å². The number of hydrogen-bond donors (Lipinski definition) is 0. The van der Waals surface area contributed by atoms with Crippen LogP contribution in [0.5, 0.6) is 5.75 Å². The second-order valence-electron chi connectivity index (χ2n) is 4.57. The molecule has 1 rings (SSSR count). The average Bonchev–Trinajstić information content (AvgIpc) is 2.25. The van der Waals surface area contributed by atoms with E-state index in [4.69, 9.17) is 4.74 Å². The summed E-state index contributed by atoms with van der Waals surface area (Å²) >= 11 is 0. The molecule has 0 atom stereocenters. The Bertz CT molecular complexity index is 447. The molecule has 0 aromatic heterocycles. The Morgan fingerprint density at radius 2 is 2.00 bits per heavy atom. The predicted octanol–water partition coefficient (Wildman–Crippen LogP) is 2.74. The van der Waals surface area contributed by atoms with Crippen molar-refractivity contribution in [2.24, 2.45) is 0 Å². The van der Waals surface area contributed by atoms with Crippen LogP contribution in [0.2, 0.25) is 19.6 Å². The van der Waals surface area contributed by atoms with Crippen LogP contribution in [0.15, 0.2) is 18.2 Å². The SMILES string of the molecule is COc1ccc(C=O)c(C#C[Si](C)(C)C)c1. The summed E-state index contributed by atoms with van der Waals surface area (Å²) in [6.07, 6.45) is 0.827. The zero-order valence-corrected chi connectivity index (χ0v) is 11.1. The minimum absolute atomic E-state index is 0.617. The molecule has 3 heteroatoms. The van der Waals surface area contributed by atoms with Gasteiger partial charge in [0.1, 0.15) is 13.8 Å². The van der Waals surface area contributed by atoms with Gasteiger partial charge in [0.25, 0.3) is 0 Å². The van der Waals surface area contributed by atoms with Crippen molar-refractivity contribution in [1.29, 1.82) is 0 Å². The average molecular weight is 232 g/mol. The van der Waals surface area contributed by atoms with E-state index in [-0.39, 0.29) is 0 Å². The molecule has 84 valence electrons. The van der Waals surface area contributed by atoms with Gasteiger partial charge in [-0.2, -0.15) is 0 Å². The Morgan fingerprint density at radius 1 is 1.31 bits per heavy atom. The van der Waals surface area contributed by atoms with Crippen LogP contribution in [0, 0.1) is 11.5 Å². The first kappa shape index (κ1) is 12.5.